The van der Waals surface area contributed by atoms with Gasteiger partial charge in [0.15, 0.2) is 0 Å². The third-order valence-corrected chi connectivity index (χ3v) is 4.59. The van der Waals surface area contributed by atoms with Gasteiger partial charge in [-0.2, -0.15) is 0 Å². The quantitative estimate of drug-likeness (QED) is 0.704. The van der Waals surface area contributed by atoms with Crippen LogP contribution in [0.4, 0.5) is 0 Å². The Kier molecular flexibility index (Phi) is 8.13. The molecular formula is C22H31NO2. The van der Waals surface area contributed by atoms with Crippen LogP contribution in [0.1, 0.15) is 37.0 Å². The Morgan fingerprint density at radius 1 is 1.00 bits per heavy atom. The first-order chi connectivity index (χ1) is 12.1. The average molecular weight is 341 g/mol. The van der Waals surface area contributed by atoms with Gasteiger partial charge in [-0.3, -0.25) is 4.90 Å². The van der Waals surface area contributed by atoms with Crippen molar-refractivity contribution in [2.45, 2.75) is 52.5 Å². The molecule has 0 bridgehead atoms. The van der Waals surface area contributed by atoms with E-state index in [9.17, 15) is 5.11 Å². The summed E-state index contributed by atoms with van der Waals surface area (Å²) >= 11 is 0. The molecule has 2 aromatic carbocycles. The standard InChI is InChI=1S/C22H31NO2/c1-4-19(3)23(14-20-12-10-18(2)11-13-20)15-22(24)17-25-16-21-8-6-5-7-9-21/h5-13,19,22,24H,4,14-17H2,1-3H3. The number of aliphatic hydroxyl groups is 1. The van der Waals surface area contributed by atoms with Crippen molar-refractivity contribution < 1.29 is 9.84 Å². The van der Waals surface area contributed by atoms with Crippen LogP contribution in [-0.2, 0) is 17.9 Å². The van der Waals surface area contributed by atoms with Crippen molar-refractivity contribution in [2.75, 3.05) is 13.2 Å². The molecule has 0 fully saturated rings. The molecule has 0 spiro atoms. The Bertz CT molecular complexity index is 597. The van der Waals surface area contributed by atoms with Crippen molar-refractivity contribution in [2.24, 2.45) is 0 Å². The second-order valence-electron chi connectivity index (χ2n) is 6.83. The summed E-state index contributed by atoms with van der Waals surface area (Å²) in [6, 6.07) is 19.1. The minimum atomic E-state index is -0.483. The van der Waals surface area contributed by atoms with E-state index < -0.39 is 6.10 Å². The lowest BCUT2D eigenvalue weighted by atomic mass is 10.1. The van der Waals surface area contributed by atoms with E-state index in [2.05, 4.69) is 49.9 Å². The van der Waals surface area contributed by atoms with Gasteiger partial charge in [0.05, 0.1) is 19.3 Å². The first-order valence-corrected chi connectivity index (χ1v) is 9.17. The number of hydrogen-bond donors (Lipinski definition) is 1. The van der Waals surface area contributed by atoms with E-state index in [0.29, 0.717) is 25.8 Å². The van der Waals surface area contributed by atoms with Crippen molar-refractivity contribution in [3.05, 3.63) is 71.3 Å². The summed E-state index contributed by atoms with van der Waals surface area (Å²) in [5.41, 5.74) is 3.68. The van der Waals surface area contributed by atoms with Crippen LogP contribution in [0, 0.1) is 6.92 Å². The fourth-order valence-corrected chi connectivity index (χ4v) is 2.80. The van der Waals surface area contributed by atoms with Gasteiger partial charge >= 0.3 is 0 Å². The number of benzene rings is 2. The Labute approximate surface area is 152 Å². The zero-order valence-electron chi connectivity index (χ0n) is 15.7. The van der Waals surface area contributed by atoms with Crippen LogP contribution in [0.25, 0.3) is 0 Å². The highest BCUT2D eigenvalue weighted by Gasteiger charge is 2.17. The van der Waals surface area contributed by atoms with E-state index in [4.69, 9.17) is 4.74 Å². The Morgan fingerprint density at radius 3 is 2.32 bits per heavy atom. The van der Waals surface area contributed by atoms with Gasteiger partial charge in [0.2, 0.25) is 0 Å². The van der Waals surface area contributed by atoms with E-state index in [1.807, 2.05) is 30.3 Å². The van der Waals surface area contributed by atoms with Gasteiger partial charge in [0.25, 0.3) is 0 Å². The highest BCUT2D eigenvalue weighted by molar-refractivity contribution is 5.21. The van der Waals surface area contributed by atoms with Gasteiger partial charge in [0, 0.05) is 19.1 Å². The predicted molar refractivity (Wildman–Crippen MR) is 103 cm³/mol. The van der Waals surface area contributed by atoms with Crippen LogP contribution in [-0.4, -0.2) is 35.3 Å². The topological polar surface area (TPSA) is 32.7 Å². The Morgan fingerprint density at radius 2 is 1.68 bits per heavy atom. The second kappa shape index (κ2) is 10.3. The molecule has 1 N–H and O–H groups in total. The number of hydrogen-bond acceptors (Lipinski definition) is 3. The molecule has 25 heavy (non-hydrogen) atoms. The molecular weight excluding hydrogens is 310 g/mol. The maximum absolute atomic E-state index is 10.4. The molecule has 2 atom stereocenters. The van der Waals surface area contributed by atoms with Crippen LogP contribution in [0.15, 0.2) is 54.6 Å². The number of nitrogens with zero attached hydrogens (tertiary/aromatic N) is 1. The fraction of sp³-hybridized carbons (Fsp3) is 0.455. The summed E-state index contributed by atoms with van der Waals surface area (Å²) in [6.45, 7) is 8.87. The zero-order chi connectivity index (χ0) is 18.1. The van der Waals surface area contributed by atoms with E-state index >= 15 is 0 Å². The summed E-state index contributed by atoms with van der Waals surface area (Å²) in [5, 5.41) is 10.4. The van der Waals surface area contributed by atoms with Crippen LogP contribution < -0.4 is 0 Å². The Hall–Kier alpha value is -1.68. The first-order valence-electron chi connectivity index (χ1n) is 9.17. The maximum Gasteiger partial charge on any atom is 0.0900 e. The van der Waals surface area contributed by atoms with E-state index in [-0.39, 0.29) is 0 Å². The number of rotatable bonds is 10. The Balaban J connectivity index is 1.84. The molecule has 0 aliphatic heterocycles. The van der Waals surface area contributed by atoms with E-state index in [1.54, 1.807) is 0 Å². The van der Waals surface area contributed by atoms with Crippen LogP contribution in [0.2, 0.25) is 0 Å². The van der Waals surface area contributed by atoms with Crippen LogP contribution >= 0.6 is 0 Å². The molecule has 0 saturated carbocycles. The van der Waals surface area contributed by atoms with Crippen molar-refractivity contribution in [3.63, 3.8) is 0 Å². The van der Waals surface area contributed by atoms with Gasteiger partial charge in [-0.05, 0) is 31.4 Å². The van der Waals surface area contributed by atoms with Crippen molar-refractivity contribution >= 4 is 0 Å². The van der Waals surface area contributed by atoms with Crippen LogP contribution in [0.5, 0.6) is 0 Å². The highest BCUT2D eigenvalue weighted by atomic mass is 16.5. The normalized spacial score (nSPS) is 13.8. The van der Waals surface area contributed by atoms with Crippen LogP contribution in [0.3, 0.4) is 0 Å². The SMILES string of the molecule is CCC(C)N(Cc1ccc(C)cc1)CC(O)COCc1ccccc1. The monoisotopic (exact) mass is 341 g/mol. The minimum absolute atomic E-state index is 0.357. The van der Waals surface area contributed by atoms with Gasteiger partial charge in [0.1, 0.15) is 0 Å². The third kappa shape index (κ3) is 6.99. The van der Waals surface area contributed by atoms with Crippen molar-refractivity contribution in [3.8, 4) is 0 Å². The largest absolute Gasteiger partial charge is 0.389 e. The first kappa shape index (κ1) is 19.6. The van der Waals surface area contributed by atoms with Gasteiger partial charge in [-0.15, -0.1) is 0 Å². The lowest BCUT2D eigenvalue weighted by Gasteiger charge is -2.30. The lowest BCUT2D eigenvalue weighted by Crippen LogP contribution is -2.39. The smallest absolute Gasteiger partial charge is 0.0900 e. The zero-order valence-corrected chi connectivity index (χ0v) is 15.7. The molecule has 0 aromatic heterocycles. The molecule has 0 aliphatic rings. The lowest BCUT2D eigenvalue weighted by molar-refractivity contribution is 0.00145. The molecule has 0 amide bonds. The van der Waals surface area contributed by atoms with Gasteiger partial charge < -0.3 is 9.84 Å². The summed E-state index contributed by atoms with van der Waals surface area (Å²) in [5.74, 6) is 0. The molecule has 0 heterocycles. The second-order valence-corrected chi connectivity index (χ2v) is 6.83. The average Bonchev–Trinajstić information content (AvgIpc) is 2.63. The predicted octanol–water partition coefficient (Wildman–Crippen LogP) is 4.17. The molecule has 2 aromatic rings. The molecule has 136 valence electrons. The van der Waals surface area contributed by atoms with Crippen molar-refractivity contribution in [1.29, 1.82) is 0 Å². The minimum Gasteiger partial charge on any atom is -0.389 e. The highest BCUT2D eigenvalue weighted by Crippen LogP contribution is 2.13. The molecule has 2 unspecified atom stereocenters. The molecule has 3 nitrogen and oxygen atoms in total. The molecule has 0 saturated heterocycles. The third-order valence-electron chi connectivity index (χ3n) is 4.59. The van der Waals surface area contributed by atoms with Crippen molar-refractivity contribution in [1.82, 2.24) is 4.90 Å². The van der Waals surface area contributed by atoms with Gasteiger partial charge in [-0.1, -0.05) is 67.1 Å². The number of ether oxygens (including phenoxy) is 1. The molecule has 0 radical (unpaired) electrons. The summed E-state index contributed by atoms with van der Waals surface area (Å²) in [7, 11) is 0. The number of aliphatic hydroxyl groups excluding tert-OH is 1. The van der Waals surface area contributed by atoms with E-state index in [1.165, 1.54) is 11.1 Å². The summed E-state index contributed by atoms with van der Waals surface area (Å²) in [6.07, 6.45) is 0.576. The molecule has 3 heteroatoms. The fourth-order valence-electron chi connectivity index (χ4n) is 2.80. The molecule has 2 rings (SSSR count). The maximum atomic E-state index is 10.4. The summed E-state index contributed by atoms with van der Waals surface area (Å²) < 4.78 is 5.69. The molecule has 0 aliphatic carbocycles. The van der Waals surface area contributed by atoms with Gasteiger partial charge in [-0.25, -0.2) is 0 Å². The number of aryl methyl sites for hydroxylation is 1. The summed E-state index contributed by atoms with van der Waals surface area (Å²) in [4.78, 5) is 2.33. The van der Waals surface area contributed by atoms with E-state index in [0.717, 1.165) is 18.5 Å².